The fourth-order valence-electron chi connectivity index (χ4n) is 4.09. The van der Waals surface area contributed by atoms with Crippen molar-refractivity contribution in [1.82, 2.24) is 0 Å². The molecule has 1 aliphatic rings. The molecule has 158 valence electrons. The summed E-state index contributed by atoms with van der Waals surface area (Å²) >= 11 is 0. The number of benzene rings is 2. The lowest BCUT2D eigenvalue weighted by Gasteiger charge is -2.32. The van der Waals surface area contributed by atoms with Gasteiger partial charge in [-0.05, 0) is 51.6 Å². The fourth-order valence-corrected chi connectivity index (χ4v) is 7.17. The minimum atomic E-state index is -1.98. The van der Waals surface area contributed by atoms with Gasteiger partial charge in [0.1, 0.15) is 8.07 Å². The van der Waals surface area contributed by atoms with Crippen LogP contribution in [0, 0.1) is 0 Å². The summed E-state index contributed by atoms with van der Waals surface area (Å²) in [4.78, 5) is 0. The molecular formula is C26H35BO2Si. The van der Waals surface area contributed by atoms with Crippen LogP contribution in [0.3, 0.4) is 0 Å². The third-order valence-electron chi connectivity index (χ3n) is 6.75. The highest BCUT2D eigenvalue weighted by Crippen LogP contribution is 2.43. The number of rotatable bonds is 7. The minimum absolute atomic E-state index is 0.375. The van der Waals surface area contributed by atoms with Gasteiger partial charge >= 0.3 is 7.12 Å². The van der Waals surface area contributed by atoms with Gasteiger partial charge in [-0.1, -0.05) is 90.2 Å². The number of hydrogen-bond donors (Lipinski definition) is 0. The van der Waals surface area contributed by atoms with Crippen molar-refractivity contribution in [2.45, 2.75) is 64.8 Å². The van der Waals surface area contributed by atoms with Crippen LogP contribution in [0.1, 0.15) is 46.1 Å². The summed E-state index contributed by atoms with van der Waals surface area (Å²) in [6, 6.07) is 21.6. The molecule has 0 unspecified atom stereocenters. The topological polar surface area (TPSA) is 18.5 Å². The van der Waals surface area contributed by atoms with Gasteiger partial charge in [-0.25, -0.2) is 0 Å². The van der Waals surface area contributed by atoms with Crippen molar-refractivity contribution in [1.29, 1.82) is 0 Å². The van der Waals surface area contributed by atoms with E-state index in [-0.39, 0.29) is 18.3 Å². The molecule has 0 amide bonds. The first-order valence-corrected chi connectivity index (χ1v) is 13.9. The van der Waals surface area contributed by atoms with Crippen molar-refractivity contribution >= 4 is 25.9 Å². The standard InChI is InChI=1S/C26H35BO2Si/c1-8-9-20-23(30(6,7)22-18-14-11-15-19-22)24(21-16-12-10-13-17-21)27-28-25(2,3)26(4,5)29-27/h8,10-19H,1,9,20H2,2-7H3/b24-23+. The van der Waals surface area contributed by atoms with E-state index in [1.807, 2.05) is 6.08 Å². The molecule has 2 aromatic rings. The SMILES string of the molecule is C=CCC/C(=C(\B1OC(C)(C)C(C)(C)O1)c1ccccc1)[Si](C)(C)c1ccccc1. The molecule has 0 radical (unpaired) electrons. The molecular weight excluding hydrogens is 383 g/mol. The van der Waals surface area contributed by atoms with E-state index in [1.54, 1.807) is 0 Å². The Hall–Kier alpha value is -1.88. The highest BCUT2D eigenvalue weighted by atomic mass is 28.3. The van der Waals surface area contributed by atoms with Gasteiger partial charge in [0.15, 0.2) is 0 Å². The molecule has 4 heteroatoms. The third kappa shape index (κ3) is 4.41. The second-order valence-corrected chi connectivity index (χ2v) is 14.1. The van der Waals surface area contributed by atoms with Crippen LogP contribution < -0.4 is 5.19 Å². The molecule has 1 fully saturated rings. The Labute approximate surface area is 184 Å². The maximum atomic E-state index is 6.59. The molecule has 0 aliphatic carbocycles. The molecule has 30 heavy (non-hydrogen) atoms. The number of allylic oxidation sites excluding steroid dienone is 2. The Kier molecular flexibility index (Phi) is 6.61. The largest absolute Gasteiger partial charge is 0.495 e. The molecule has 0 atom stereocenters. The first-order valence-electron chi connectivity index (χ1n) is 10.9. The highest BCUT2D eigenvalue weighted by Gasteiger charge is 2.53. The van der Waals surface area contributed by atoms with Crippen LogP contribution in [-0.4, -0.2) is 26.4 Å². The van der Waals surface area contributed by atoms with E-state index >= 15 is 0 Å². The van der Waals surface area contributed by atoms with Crippen LogP contribution in [0.25, 0.3) is 5.47 Å². The van der Waals surface area contributed by atoms with Gasteiger partial charge in [0.2, 0.25) is 0 Å². The minimum Gasteiger partial charge on any atom is -0.399 e. The molecule has 2 nitrogen and oxygen atoms in total. The van der Waals surface area contributed by atoms with Crippen LogP contribution in [0.4, 0.5) is 0 Å². The lowest BCUT2D eigenvalue weighted by Crippen LogP contribution is -2.45. The van der Waals surface area contributed by atoms with Gasteiger partial charge in [0.05, 0.1) is 11.2 Å². The highest BCUT2D eigenvalue weighted by molar-refractivity contribution is 6.98. The van der Waals surface area contributed by atoms with Gasteiger partial charge in [0.25, 0.3) is 0 Å². The van der Waals surface area contributed by atoms with Crippen molar-refractivity contribution < 1.29 is 9.31 Å². The van der Waals surface area contributed by atoms with Crippen LogP contribution in [-0.2, 0) is 9.31 Å². The van der Waals surface area contributed by atoms with E-state index in [2.05, 4.69) is 108 Å². The molecule has 0 N–H and O–H groups in total. The van der Waals surface area contributed by atoms with Gasteiger partial charge in [-0.3, -0.25) is 0 Å². The molecule has 0 aromatic heterocycles. The molecule has 0 bridgehead atoms. The van der Waals surface area contributed by atoms with Crippen molar-refractivity contribution in [3.63, 3.8) is 0 Å². The average Bonchev–Trinajstić information content (AvgIpc) is 2.93. The Morgan fingerprint density at radius 3 is 1.90 bits per heavy atom. The molecule has 0 saturated carbocycles. The van der Waals surface area contributed by atoms with Crippen molar-refractivity contribution in [2.75, 3.05) is 0 Å². The third-order valence-corrected chi connectivity index (χ3v) is 10.6. The van der Waals surface area contributed by atoms with Gasteiger partial charge in [-0.2, -0.15) is 0 Å². The van der Waals surface area contributed by atoms with Crippen molar-refractivity contribution in [2.24, 2.45) is 0 Å². The van der Waals surface area contributed by atoms with Crippen LogP contribution in [0.15, 0.2) is 78.5 Å². The summed E-state index contributed by atoms with van der Waals surface area (Å²) in [5.41, 5.74) is 1.64. The van der Waals surface area contributed by atoms with E-state index in [0.29, 0.717) is 0 Å². The predicted octanol–water partition coefficient (Wildman–Crippen LogP) is 6.19. The first-order chi connectivity index (χ1) is 14.1. The molecule has 1 saturated heterocycles. The second kappa shape index (κ2) is 8.70. The summed E-state index contributed by atoms with van der Waals surface area (Å²) < 4.78 is 13.2. The maximum Gasteiger partial charge on any atom is 0.495 e. The lowest BCUT2D eigenvalue weighted by atomic mass is 9.73. The van der Waals surface area contributed by atoms with Gasteiger partial charge in [0, 0.05) is 0 Å². The first kappa shape index (κ1) is 22.8. The Morgan fingerprint density at radius 2 is 1.40 bits per heavy atom. The van der Waals surface area contributed by atoms with Crippen LogP contribution >= 0.6 is 0 Å². The van der Waals surface area contributed by atoms with E-state index in [4.69, 9.17) is 9.31 Å². The summed E-state index contributed by atoms with van der Waals surface area (Å²) in [7, 11) is -2.36. The van der Waals surface area contributed by atoms with Gasteiger partial charge in [-0.15, -0.1) is 6.58 Å². The van der Waals surface area contributed by atoms with E-state index in [0.717, 1.165) is 12.8 Å². The second-order valence-electron chi connectivity index (χ2n) is 9.66. The van der Waals surface area contributed by atoms with Crippen LogP contribution in [0.5, 0.6) is 0 Å². The summed E-state index contributed by atoms with van der Waals surface area (Å²) in [6.45, 7) is 17.4. The summed E-state index contributed by atoms with van der Waals surface area (Å²) in [6.07, 6.45) is 3.92. The van der Waals surface area contributed by atoms with Crippen molar-refractivity contribution in [3.8, 4) is 0 Å². The molecule has 1 aliphatic heterocycles. The Balaban J connectivity index is 2.24. The van der Waals surface area contributed by atoms with Crippen molar-refractivity contribution in [3.05, 3.63) is 84.1 Å². The molecule has 2 aromatic carbocycles. The normalized spacial score (nSPS) is 18.8. The van der Waals surface area contributed by atoms with Crippen LogP contribution in [0.2, 0.25) is 13.1 Å². The lowest BCUT2D eigenvalue weighted by molar-refractivity contribution is 0.00578. The van der Waals surface area contributed by atoms with Gasteiger partial charge < -0.3 is 9.31 Å². The summed E-state index contributed by atoms with van der Waals surface area (Å²) in [5.74, 6) is 0. The zero-order valence-electron chi connectivity index (χ0n) is 19.4. The number of hydrogen-bond acceptors (Lipinski definition) is 2. The monoisotopic (exact) mass is 418 g/mol. The zero-order chi connectivity index (χ0) is 22.0. The Morgan fingerprint density at radius 1 is 0.900 bits per heavy atom. The zero-order valence-corrected chi connectivity index (χ0v) is 20.4. The van der Waals surface area contributed by atoms with E-state index in [1.165, 1.54) is 21.4 Å². The van der Waals surface area contributed by atoms with E-state index < -0.39 is 8.07 Å². The quantitative estimate of drug-likeness (QED) is 0.394. The molecule has 3 rings (SSSR count). The maximum absolute atomic E-state index is 6.59. The van der Waals surface area contributed by atoms with E-state index in [9.17, 15) is 0 Å². The smallest absolute Gasteiger partial charge is 0.399 e. The molecule has 0 spiro atoms. The summed E-state index contributed by atoms with van der Waals surface area (Å²) in [5, 5.41) is 2.90. The average molecular weight is 418 g/mol. The fraction of sp³-hybridized carbons (Fsp3) is 0.385. The predicted molar refractivity (Wildman–Crippen MR) is 132 cm³/mol. The Bertz CT molecular complexity index is 885. The molecule has 1 heterocycles.